The third-order valence-electron chi connectivity index (χ3n) is 6.63. The van der Waals surface area contributed by atoms with E-state index < -0.39 is 12.1 Å². The highest BCUT2D eigenvalue weighted by molar-refractivity contribution is 6.06. The summed E-state index contributed by atoms with van der Waals surface area (Å²) < 4.78 is 31.7. The van der Waals surface area contributed by atoms with Gasteiger partial charge in [-0.2, -0.15) is 13.2 Å². The average molecular weight is 572 g/mol. The van der Waals surface area contributed by atoms with Crippen LogP contribution in [0.4, 0.5) is 36.3 Å². The van der Waals surface area contributed by atoms with Crippen LogP contribution in [0.3, 0.4) is 0 Å². The van der Waals surface area contributed by atoms with Crippen LogP contribution in [0.15, 0.2) is 61.1 Å². The van der Waals surface area contributed by atoms with Crippen molar-refractivity contribution in [2.45, 2.75) is 39.0 Å². The Morgan fingerprint density at radius 3 is 2.22 bits per heavy atom. The molecule has 1 aromatic carbocycles. The molecule has 0 aliphatic carbocycles. The fraction of sp³-hybridized carbons (Fsp3) is 0.393. The molecule has 0 radical (unpaired) electrons. The molecule has 1 fully saturated rings. The van der Waals surface area contributed by atoms with Gasteiger partial charge < -0.3 is 20.2 Å². The summed E-state index contributed by atoms with van der Waals surface area (Å²) in [5.74, 6) is 0.248. The maximum Gasteiger partial charge on any atom is 0.490 e. The van der Waals surface area contributed by atoms with Crippen molar-refractivity contribution in [3.05, 3.63) is 66.6 Å². The van der Waals surface area contributed by atoms with Crippen LogP contribution in [0.25, 0.3) is 0 Å². The lowest BCUT2D eigenvalue weighted by molar-refractivity contribution is -0.192. The van der Waals surface area contributed by atoms with Gasteiger partial charge in [0, 0.05) is 32.4 Å². The van der Waals surface area contributed by atoms with E-state index in [2.05, 4.69) is 56.0 Å². The van der Waals surface area contributed by atoms with Gasteiger partial charge in [-0.1, -0.05) is 50.2 Å². The fourth-order valence-corrected chi connectivity index (χ4v) is 4.72. The van der Waals surface area contributed by atoms with E-state index >= 15 is 0 Å². The van der Waals surface area contributed by atoms with Gasteiger partial charge in [0.05, 0.1) is 6.54 Å². The lowest BCUT2D eigenvalue weighted by atomic mass is 10.00. The molecular formula is C28H32F3N7O3. The zero-order valence-electron chi connectivity index (χ0n) is 22.8. The number of fused-ring (bicyclic) bond motifs is 1. The van der Waals surface area contributed by atoms with Crippen LogP contribution in [0.1, 0.15) is 25.8 Å². The van der Waals surface area contributed by atoms with Gasteiger partial charge in [0.1, 0.15) is 23.9 Å². The Bertz CT molecular complexity index is 1320. The van der Waals surface area contributed by atoms with E-state index in [1.807, 2.05) is 47.5 Å². The largest absolute Gasteiger partial charge is 0.490 e. The summed E-state index contributed by atoms with van der Waals surface area (Å²) in [5.41, 5.74) is 1.87. The summed E-state index contributed by atoms with van der Waals surface area (Å²) in [5, 5.41) is 10.5. The van der Waals surface area contributed by atoms with E-state index in [0.717, 1.165) is 61.3 Å². The maximum atomic E-state index is 13.7. The number of nitrogens with one attached hydrogen (secondary N) is 1. The number of halogens is 3. The zero-order valence-corrected chi connectivity index (χ0v) is 22.8. The van der Waals surface area contributed by atoms with Crippen LogP contribution in [-0.4, -0.2) is 70.3 Å². The number of amides is 1. The number of piperazine rings is 1. The molecule has 1 unspecified atom stereocenters. The van der Waals surface area contributed by atoms with E-state index in [9.17, 15) is 18.0 Å². The summed E-state index contributed by atoms with van der Waals surface area (Å²) in [6, 6.07) is 15.8. The Hall–Kier alpha value is -4.42. The number of anilines is 4. The van der Waals surface area contributed by atoms with Crippen LogP contribution < -0.4 is 20.0 Å². The normalized spacial score (nSPS) is 17.0. The summed E-state index contributed by atoms with van der Waals surface area (Å²) in [7, 11) is 0. The Morgan fingerprint density at radius 1 is 1.00 bits per heavy atom. The molecule has 41 heavy (non-hydrogen) atoms. The highest BCUT2D eigenvalue weighted by atomic mass is 19.4. The Kier molecular flexibility index (Phi) is 9.25. The third-order valence-corrected chi connectivity index (χ3v) is 6.63. The van der Waals surface area contributed by atoms with Crippen LogP contribution in [0.2, 0.25) is 0 Å². The molecule has 2 aromatic heterocycles. The minimum atomic E-state index is -5.08. The molecule has 4 heterocycles. The summed E-state index contributed by atoms with van der Waals surface area (Å²) in [4.78, 5) is 42.7. The number of rotatable bonds is 6. The number of carboxylic acid groups (broad SMARTS) is 1. The van der Waals surface area contributed by atoms with Crippen molar-refractivity contribution in [3.63, 3.8) is 0 Å². The summed E-state index contributed by atoms with van der Waals surface area (Å²) in [6.45, 7) is 8.04. The second kappa shape index (κ2) is 12.8. The number of benzene rings is 1. The maximum absolute atomic E-state index is 13.7. The second-order valence-corrected chi connectivity index (χ2v) is 10.1. The molecule has 2 aliphatic heterocycles. The number of pyridine rings is 1. The van der Waals surface area contributed by atoms with E-state index in [1.54, 1.807) is 6.33 Å². The van der Waals surface area contributed by atoms with Crippen molar-refractivity contribution in [2.24, 2.45) is 5.92 Å². The Labute approximate surface area is 235 Å². The molecule has 0 spiro atoms. The number of hydrogen-bond acceptors (Lipinski definition) is 8. The van der Waals surface area contributed by atoms with Crippen molar-refractivity contribution in [1.82, 2.24) is 15.0 Å². The third kappa shape index (κ3) is 7.41. The zero-order chi connectivity index (χ0) is 29.6. The second-order valence-electron chi connectivity index (χ2n) is 10.1. The molecule has 2 N–H and O–H groups in total. The van der Waals surface area contributed by atoms with Crippen molar-refractivity contribution >= 4 is 35.0 Å². The predicted octanol–water partition coefficient (Wildman–Crippen LogP) is 4.20. The SMILES string of the molecule is CC(C)CC1Nc2ncnc(N3CCN(c4ccccn4)CC3)c2N(Cc2ccccc2)C1=O.O=C(O)C(F)(F)F. The van der Waals surface area contributed by atoms with Gasteiger partial charge in [0.2, 0.25) is 5.91 Å². The minimum absolute atomic E-state index is 0.0771. The lowest BCUT2D eigenvalue weighted by Crippen LogP contribution is -2.50. The monoisotopic (exact) mass is 571 g/mol. The molecular weight excluding hydrogens is 539 g/mol. The fourth-order valence-electron chi connectivity index (χ4n) is 4.72. The Balaban J connectivity index is 0.000000493. The molecule has 0 bridgehead atoms. The van der Waals surface area contributed by atoms with Crippen molar-refractivity contribution < 1.29 is 27.9 Å². The Morgan fingerprint density at radius 2 is 1.63 bits per heavy atom. The number of carbonyl (C=O) groups is 2. The van der Waals surface area contributed by atoms with Crippen molar-refractivity contribution in [3.8, 4) is 0 Å². The number of nitrogens with zero attached hydrogens (tertiary/aromatic N) is 6. The van der Waals surface area contributed by atoms with Gasteiger partial charge in [-0.25, -0.2) is 19.7 Å². The van der Waals surface area contributed by atoms with Crippen molar-refractivity contribution in [1.29, 1.82) is 0 Å². The summed E-state index contributed by atoms with van der Waals surface area (Å²) in [6.07, 6.45) is -0.893. The van der Waals surface area contributed by atoms with E-state index in [1.165, 1.54) is 0 Å². The van der Waals surface area contributed by atoms with E-state index in [0.29, 0.717) is 12.5 Å². The molecule has 218 valence electrons. The highest BCUT2D eigenvalue weighted by Gasteiger charge is 2.39. The van der Waals surface area contributed by atoms with Crippen molar-refractivity contribution in [2.75, 3.05) is 46.2 Å². The molecule has 10 nitrogen and oxygen atoms in total. The molecule has 1 amide bonds. The first-order valence-electron chi connectivity index (χ1n) is 13.2. The van der Waals surface area contributed by atoms with Crippen LogP contribution in [0, 0.1) is 5.92 Å². The molecule has 2 aliphatic rings. The van der Waals surface area contributed by atoms with Crippen LogP contribution in [-0.2, 0) is 16.1 Å². The average Bonchev–Trinajstić information content (AvgIpc) is 2.95. The minimum Gasteiger partial charge on any atom is -0.475 e. The predicted molar refractivity (Wildman–Crippen MR) is 149 cm³/mol. The smallest absolute Gasteiger partial charge is 0.475 e. The number of hydrogen-bond donors (Lipinski definition) is 2. The molecule has 1 saturated heterocycles. The molecule has 5 rings (SSSR count). The first kappa shape index (κ1) is 29.6. The van der Waals surface area contributed by atoms with Gasteiger partial charge in [-0.3, -0.25) is 9.69 Å². The first-order chi connectivity index (χ1) is 19.5. The van der Waals surface area contributed by atoms with Gasteiger partial charge in [0.25, 0.3) is 0 Å². The highest BCUT2D eigenvalue weighted by Crippen LogP contribution is 2.39. The summed E-state index contributed by atoms with van der Waals surface area (Å²) >= 11 is 0. The van der Waals surface area contributed by atoms with Gasteiger partial charge in [0.15, 0.2) is 11.6 Å². The van der Waals surface area contributed by atoms with E-state index in [4.69, 9.17) is 9.90 Å². The molecule has 3 aromatic rings. The topological polar surface area (TPSA) is 115 Å². The first-order valence-corrected chi connectivity index (χ1v) is 13.2. The van der Waals surface area contributed by atoms with Crippen LogP contribution in [0.5, 0.6) is 0 Å². The standard InChI is InChI=1S/C26H31N7O.C2HF3O2/c1-19(2)16-21-26(34)33(17-20-8-4-3-5-9-20)23-24(30-21)28-18-29-25(23)32-14-12-31(13-15-32)22-10-6-7-11-27-22;3-2(4,5)1(6)7/h3-11,18-19,21H,12-17H2,1-2H3,(H,28,29,30);(H,6,7). The van der Waals surface area contributed by atoms with Gasteiger partial charge in [-0.15, -0.1) is 0 Å². The number of carboxylic acids is 1. The number of carbonyl (C=O) groups excluding carboxylic acids is 1. The number of alkyl halides is 3. The molecule has 13 heteroatoms. The number of aliphatic carboxylic acids is 1. The van der Waals surface area contributed by atoms with Gasteiger partial charge in [-0.05, 0) is 30.0 Å². The van der Waals surface area contributed by atoms with Crippen LogP contribution >= 0.6 is 0 Å². The van der Waals surface area contributed by atoms with E-state index in [-0.39, 0.29) is 11.9 Å². The lowest BCUT2D eigenvalue weighted by Gasteiger charge is -2.40. The van der Waals surface area contributed by atoms with Gasteiger partial charge >= 0.3 is 12.1 Å². The molecule has 0 saturated carbocycles. The quantitative estimate of drug-likeness (QED) is 0.449. The molecule has 1 atom stereocenters. The number of aromatic nitrogens is 3.